The van der Waals surface area contributed by atoms with Crippen molar-refractivity contribution in [2.45, 2.75) is 44.8 Å². The van der Waals surface area contributed by atoms with Gasteiger partial charge >= 0.3 is 11.9 Å². The van der Waals surface area contributed by atoms with E-state index >= 15 is 4.39 Å². The first-order valence-electron chi connectivity index (χ1n) is 12.9. The monoisotopic (exact) mass is 524 g/mol. The third-order valence-electron chi connectivity index (χ3n) is 7.02. The van der Waals surface area contributed by atoms with E-state index in [9.17, 15) is 14.4 Å². The normalized spacial score (nSPS) is 19.5. The Labute approximate surface area is 221 Å². The largest absolute Gasteiger partial charge is 0.460 e. The van der Waals surface area contributed by atoms with Gasteiger partial charge in [-0.25, -0.2) is 9.18 Å². The molecule has 0 unspecified atom stereocenters. The summed E-state index contributed by atoms with van der Waals surface area (Å²) in [5, 5.41) is 7.14. The van der Waals surface area contributed by atoms with Crippen molar-refractivity contribution in [1.82, 2.24) is 4.90 Å². The van der Waals surface area contributed by atoms with Crippen LogP contribution in [-0.2, 0) is 25.7 Å². The van der Waals surface area contributed by atoms with Crippen molar-refractivity contribution in [3.8, 4) is 0 Å². The highest BCUT2D eigenvalue weighted by atomic mass is 19.1. The predicted molar refractivity (Wildman–Crippen MR) is 139 cm³/mol. The van der Waals surface area contributed by atoms with Gasteiger partial charge in [0.1, 0.15) is 25.0 Å². The fraction of sp³-hybridized carbons (Fsp3) is 0.429. The molecule has 2 aromatic rings. The van der Waals surface area contributed by atoms with Gasteiger partial charge in [-0.2, -0.15) is 0 Å². The van der Waals surface area contributed by atoms with Crippen LogP contribution in [0.25, 0.3) is 0 Å². The molecule has 1 aliphatic carbocycles. The van der Waals surface area contributed by atoms with E-state index < -0.39 is 11.8 Å². The number of carbonyl (C=O) groups excluding carboxylic acids is 3. The highest BCUT2D eigenvalue weighted by Gasteiger charge is 2.33. The highest BCUT2D eigenvalue weighted by molar-refractivity contribution is 5.94. The second kappa shape index (κ2) is 12.5. The van der Waals surface area contributed by atoms with Crippen molar-refractivity contribution in [3.63, 3.8) is 0 Å². The number of carbonyl (C=O) groups is 3. The number of nitrogens with two attached hydrogens (primary N) is 1. The van der Waals surface area contributed by atoms with Crippen LogP contribution in [-0.4, -0.2) is 60.9 Å². The minimum atomic E-state index is -0.683. The van der Waals surface area contributed by atoms with Crippen molar-refractivity contribution in [3.05, 3.63) is 65.5 Å². The molecule has 1 saturated carbocycles. The third kappa shape index (κ3) is 6.87. The summed E-state index contributed by atoms with van der Waals surface area (Å²) in [6.07, 6.45) is 2.14. The average molecular weight is 525 g/mol. The Morgan fingerprint density at radius 1 is 0.947 bits per heavy atom. The molecule has 3 N–H and O–H groups in total. The van der Waals surface area contributed by atoms with E-state index in [1.165, 1.54) is 0 Å². The number of hydrogen-bond donors (Lipinski definition) is 2. The Kier molecular flexibility index (Phi) is 8.93. The summed E-state index contributed by atoms with van der Waals surface area (Å²) in [6.45, 7) is 1.70. The van der Waals surface area contributed by atoms with Crippen LogP contribution in [0.3, 0.4) is 0 Å². The average Bonchev–Trinajstić information content (AvgIpc) is 2.93. The van der Waals surface area contributed by atoms with Crippen LogP contribution >= 0.6 is 0 Å². The molecule has 4 rings (SSSR count). The van der Waals surface area contributed by atoms with Crippen LogP contribution < -0.4 is 10.6 Å². The Morgan fingerprint density at radius 2 is 1.63 bits per heavy atom. The summed E-state index contributed by atoms with van der Waals surface area (Å²) in [7, 11) is 0. The van der Waals surface area contributed by atoms with Gasteiger partial charge in [0.15, 0.2) is 5.82 Å². The van der Waals surface area contributed by atoms with E-state index in [-0.39, 0.29) is 48.3 Å². The van der Waals surface area contributed by atoms with E-state index in [1.54, 1.807) is 42.5 Å². The molecule has 202 valence electrons. The SMILES string of the molecule is N=C(N)CC(=O)OCc1cccc(N2CCN(C(=O)C3CCC(OC(=O)c4ccccc4)CC3)CC2)c1F. The molecule has 10 heteroatoms. The first-order chi connectivity index (χ1) is 18.3. The molecule has 2 aromatic carbocycles. The molecule has 0 radical (unpaired) electrons. The maximum atomic E-state index is 15.1. The third-order valence-corrected chi connectivity index (χ3v) is 7.02. The molecule has 1 heterocycles. The smallest absolute Gasteiger partial charge is 0.338 e. The number of rotatable bonds is 8. The number of ether oxygens (including phenoxy) is 2. The molecule has 1 amide bonds. The van der Waals surface area contributed by atoms with Crippen molar-refractivity contribution < 1.29 is 28.2 Å². The Bertz CT molecular complexity index is 1160. The molecule has 2 aliphatic rings. The van der Waals surface area contributed by atoms with Crippen molar-refractivity contribution >= 4 is 29.4 Å². The molecular formula is C28H33FN4O5. The van der Waals surface area contributed by atoms with Crippen LogP contribution in [0.2, 0.25) is 0 Å². The summed E-state index contributed by atoms with van der Waals surface area (Å²) in [6, 6.07) is 13.8. The van der Waals surface area contributed by atoms with E-state index in [2.05, 4.69) is 0 Å². The zero-order chi connectivity index (χ0) is 27.1. The van der Waals surface area contributed by atoms with Crippen LogP contribution in [0.15, 0.2) is 48.5 Å². The Balaban J connectivity index is 1.24. The van der Waals surface area contributed by atoms with E-state index in [0.717, 1.165) is 0 Å². The lowest BCUT2D eigenvalue weighted by molar-refractivity contribution is -0.143. The molecule has 0 atom stereocenters. The lowest BCUT2D eigenvalue weighted by Crippen LogP contribution is -2.51. The number of nitrogens with zero attached hydrogens (tertiary/aromatic N) is 2. The first kappa shape index (κ1) is 27.1. The van der Waals surface area contributed by atoms with Gasteiger partial charge in [-0.3, -0.25) is 15.0 Å². The number of amidine groups is 1. The van der Waals surface area contributed by atoms with Gasteiger partial charge in [0, 0.05) is 37.7 Å². The predicted octanol–water partition coefficient (Wildman–Crippen LogP) is 3.26. The Morgan fingerprint density at radius 3 is 2.29 bits per heavy atom. The lowest BCUT2D eigenvalue weighted by atomic mass is 9.86. The quantitative estimate of drug-likeness (QED) is 0.308. The standard InChI is InChI=1S/C28H33FN4O5/c29-26-21(18-37-25(34)17-24(30)31)7-4-8-23(26)32-13-15-33(16-14-32)27(35)19-9-11-22(12-10-19)38-28(36)20-5-2-1-3-6-20/h1-8,19,22H,9-18H2,(H3,30,31). The number of hydrogen-bond acceptors (Lipinski definition) is 7. The summed E-state index contributed by atoms with van der Waals surface area (Å²) >= 11 is 0. The van der Waals surface area contributed by atoms with Crippen molar-refractivity contribution in [2.24, 2.45) is 11.7 Å². The molecular weight excluding hydrogens is 491 g/mol. The van der Waals surface area contributed by atoms with E-state index in [4.69, 9.17) is 20.6 Å². The number of nitrogens with one attached hydrogen (secondary N) is 1. The number of benzene rings is 2. The summed E-state index contributed by atoms with van der Waals surface area (Å²) in [5.41, 5.74) is 6.36. The fourth-order valence-electron chi connectivity index (χ4n) is 4.93. The first-order valence-corrected chi connectivity index (χ1v) is 12.9. The zero-order valence-corrected chi connectivity index (χ0v) is 21.2. The lowest BCUT2D eigenvalue weighted by Gasteiger charge is -2.39. The molecule has 1 aliphatic heterocycles. The molecule has 2 fully saturated rings. The van der Waals surface area contributed by atoms with Crippen LogP contribution in [0.5, 0.6) is 0 Å². The van der Waals surface area contributed by atoms with Gasteiger partial charge in [0.05, 0.1) is 11.3 Å². The van der Waals surface area contributed by atoms with Crippen LogP contribution in [0.1, 0.15) is 48.0 Å². The summed E-state index contributed by atoms with van der Waals surface area (Å²) < 4.78 is 25.8. The maximum Gasteiger partial charge on any atom is 0.338 e. The van der Waals surface area contributed by atoms with E-state index in [0.29, 0.717) is 63.1 Å². The van der Waals surface area contributed by atoms with E-state index in [1.807, 2.05) is 15.9 Å². The highest BCUT2D eigenvalue weighted by Crippen LogP contribution is 2.30. The number of amides is 1. The minimum Gasteiger partial charge on any atom is -0.460 e. The van der Waals surface area contributed by atoms with Gasteiger partial charge in [-0.15, -0.1) is 0 Å². The fourth-order valence-corrected chi connectivity index (χ4v) is 4.93. The molecule has 0 spiro atoms. The van der Waals surface area contributed by atoms with Gasteiger partial charge in [-0.05, 0) is 43.9 Å². The molecule has 0 aromatic heterocycles. The molecule has 0 bridgehead atoms. The second-order valence-electron chi connectivity index (χ2n) is 9.67. The summed E-state index contributed by atoms with van der Waals surface area (Å²) in [5.74, 6) is -1.79. The summed E-state index contributed by atoms with van der Waals surface area (Å²) in [4.78, 5) is 40.8. The second-order valence-corrected chi connectivity index (χ2v) is 9.67. The van der Waals surface area contributed by atoms with Crippen molar-refractivity contribution in [1.29, 1.82) is 5.41 Å². The number of piperazine rings is 1. The van der Waals surface area contributed by atoms with Gasteiger partial charge in [-0.1, -0.05) is 30.3 Å². The topological polar surface area (TPSA) is 126 Å². The molecule has 9 nitrogen and oxygen atoms in total. The molecule has 38 heavy (non-hydrogen) atoms. The van der Waals surface area contributed by atoms with Crippen LogP contribution in [0.4, 0.5) is 10.1 Å². The van der Waals surface area contributed by atoms with Gasteiger partial charge < -0.3 is 25.0 Å². The number of halogens is 1. The van der Waals surface area contributed by atoms with Gasteiger partial charge in [0.25, 0.3) is 0 Å². The van der Waals surface area contributed by atoms with Gasteiger partial charge in [0.2, 0.25) is 5.91 Å². The Hall–Kier alpha value is -3.95. The number of esters is 2. The zero-order valence-electron chi connectivity index (χ0n) is 21.2. The minimum absolute atomic E-state index is 0.0991. The van der Waals surface area contributed by atoms with Crippen LogP contribution in [0, 0.1) is 17.1 Å². The number of anilines is 1. The van der Waals surface area contributed by atoms with Crippen molar-refractivity contribution in [2.75, 3.05) is 31.1 Å². The molecule has 1 saturated heterocycles. The maximum absolute atomic E-state index is 15.1.